The molecule has 6 N–H and O–H groups in total. The van der Waals surface area contributed by atoms with E-state index < -0.39 is 17.7 Å². The zero-order chi connectivity index (χ0) is 31.8. The molecule has 0 aromatic rings. The number of nitrogens with zero attached hydrogens (tertiary/aromatic N) is 3. The molecule has 0 saturated heterocycles. The van der Waals surface area contributed by atoms with Crippen LogP contribution in [-0.2, 0) is 24.0 Å². The molecular formula is C26H49N6O9P. The molecule has 0 aromatic heterocycles. The number of unbranched alkanes of at least 4 members (excludes halogenated alkanes) is 6. The lowest BCUT2D eigenvalue weighted by atomic mass is 10.2. The van der Waals surface area contributed by atoms with Gasteiger partial charge < -0.3 is 16.0 Å². The topological polar surface area (TPSA) is 209 Å². The number of hydroxylamine groups is 6. The first-order valence-corrected chi connectivity index (χ1v) is 15.0. The molecule has 6 amide bonds. The van der Waals surface area contributed by atoms with Gasteiger partial charge in [0.05, 0.1) is 0 Å². The molecule has 0 saturated carbocycles. The number of nitrogens with one attached hydrogen (secondary N) is 3. The van der Waals surface area contributed by atoms with E-state index in [2.05, 4.69) is 16.0 Å². The average molecular weight is 621 g/mol. The largest absolute Gasteiger partial charge is 0.356 e. The highest BCUT2D eigenvalue weighted by Gasteiger charge is 2.14. The van der Waals surface area contributed by atoms with Gasteiger partial charge in [-0.05, 0) is 67.0 Å². The molecular weight excluding hydrogens is 571 g/mol. The molecule has 0 aromatic carbocycles. The minimum absolute atomic E-state index is 0.0491. The summed E-state index contributed by atoms with van der Waals surface area (Å²) in [6.45, 7) is 3.07. The quantitative estimate of drug-likeness (QED) is 0.0400. The standard InChI is InChI=1S/C26H49N6O9P/c1-21(33)30(39)18-8-2-5-15-27-22(34)11-13-24(36)31(40)19-9-3-6-16-28-23(35)12-14-25(37)32(41)20-10-4-7-17-29-26(38)42/h39-41H,2-20,42H2,1H3,(H,27,34)(H,28,35)(H,29,38). The summed E-state index contributed by atoms with van der Waals surface area (Å²) in [4.78, 5) is 69.4. The van der Waals surface area contributed by atoms with Crippen LogP contribution in [0.5, 0.6) is 0 Å². The molecule has 0 heterocycles. The monoisotopic (exact) mass is 620 g/mol. The Kier molecular flexibility index (Phi) is 23.0. The van der Waals surface area contributed by atoms with Gasteiger partial charge in [-0.1, -0.05) is 0 Å². The Morgan fingerprint density at radius 3 is 1.24 bits per heavy atom. The lowest BCUT2D eigenvalue weighted by Gasteiger charge is -2.15. The number of hydrogen-bond donors (Lipinski definition) is 6. The van der Waals surface area contributed by atoms with E-state index in [1.807, 2.05) is 9.24 Å². The highest BCUT2D eigenvalue weighted by atomic mass is 31.0. The van der Waals surface area contributed by atoms with Crippen molar-refractivity contribution >= 4 is 44.4 Å². The van der Waals surface area contributed by atoms with E-state index in [-0.39, 0.29) is 62.8 Å². The van der Waals surface area contributed by atoms with Crippen molar-refractivity contribution in [1.29, 1.82) is 0 Å². The van der Waals surface area contributed by atoms with E-state index >= 15 is 0 Å². The van der Waals surface area contributed by atoms with E-state index in [0.29, 0.717) is 79.8 Å². The third kappa shape index (κ3) is 22.8. The van der Waals surface area contributed by atoms with Crippen molar-refractivity contribution in [3.05, 3.63) is 0 Å². The van der Waals surface area contributed by atoms with Gasteiger partial charge in [-0.25, -0.2) is 15.2 Å². The van der Waals surface area contributed by atoms with Gasteiger partial charge in [0, 0.05) is 71.9 Å². The van der Waals surface area contributed by atoms with Crippen molar-refractivity contribution < 1.29 is 44.4 Å². The predicted octanol–water partition coefficient (Wildman–Crippen LogP) is 1.55. The molecule has 1 unspecified atom stereocenters. The van der Waals surface area contributed by atoms with E-state index in [1.54, 1.807) is 0 Å². The van der Waals surface area contributed by atoms with Crippen LogP contribution in [0.1, 0.15) is 90.4 Å². The van der Waals surface area contributed by atoms with Crippen molar-refractivity contribution in [2.24, 2.45) is 0 Å². The molecule has 242 valence electrons. The minimum atomic E-state index is -0.558. The Bertz CT molecular complexity index is 849. The zero-order valence-electron chi connectivity index (χ0n) is 24.6. The Balaban J connectivity index is 3.76. The first kappa shape index (κ1) is 39.1. The SMILES string of the molecule is CC(=O)N(O)CCCCCNC(=O)CCC(=O)N(O)CCCCCNC(=O)CCC(=O)N(O)CCCCCNC(=O)P. The van der Waals surface area contributed by atoms with E-state index in [1.165, 1.54) is 6.92 Å². The summed E-state index contributed by atoms with van der Waals surface area (Å²) in [6, 6.07) is 0. The van der Waals surface area contributed by atoms with Crippen LogP contribution < -0.4 is 16.0 Å². The van der Waals surface area contributed by atoms with Crippen LogP contribution in [0.25, 0.3) is 0 Å². The maximum atomic E-state index is 12.0. The fourth-order valence-electron chi connectivity index (χ4n) is 3.64. The molecule has 0 aliphatic carbocycles. The summed E-state index contributed by atoms with van der Waals surface area (Å²) >= 11 is 0. The second-order valence-corrected chi connectivity index (χ2v) is 10.4. The second-order valence-electron chi connectivity index (χ2n) is 9.85. The van der Waals surface area contributed by atoms with Gasteiger partial charge >= 0.3 is 0 Å². The maximum Gasteiger partial charge on any atom is 0.246 e. The molecule has 42 heavy (non-hydrogen) atoms. The van der Waals surface area contributed by atoms with Crippen LogP contribution in [0.15, 0.2) is 0 Å². The summed E-state index contributed by atoms with van der Waals surface area (Å²) in [5.74, 6) is -2.13. The van der Waals surface area contributed by atoms with Crippen molar-refractivity contribution in [2.75, 3.05) is 39.3 Å². The fraction of sp³-hybridized carbons (Fsp3) is 0.769. The molecule has 0 radical (unpaired) electrons. The summed E-state index contributed by atoms with van der Waals surface area (Å²) < 4.78 is 0. The summed E-state index contributed by atoms with van der Waals surface area (Å²) in [5, 5.41) is 38.8. The van der Waals surface area contributed by atoms with E-state index in [0.717, 1.165) is 12.8 Å². The Hall–Kier alpha value is -2.87. The molecule has 16 heteroatoms. The normalized spacial score (nSPS) is 10.5. The summed E-state index contributed by atoms with van der Waals surface area (Å²) in [5.41, 5.74) is -0.183. The van der Waals surface area contributed by atoms with Gasteiger partial charge in [-0.15, -0.1) is 0 Å². The van der Waals surface area contributed by atoms with Gasteiger partial charge in [-0.3, -0.25) is 44.4 Å². The average Bonchev–Trinajstić information content (AvgIpc) is 2.94. The van der Waals surface area contributed by atoms with Gasteiger partial charge in [0.15, 0.2) is 0 Å². The second kappa shape index (κ2) is 24.7. The highest BCUT2D eigenvalue weighted by Crippen LogP contribution is 2.03. The van der Waals surface area contributed by atoms with E-state index in [4.69, 9.17) is 0 Å². The van der Waals surface area contributed by atoms with Gasteiger partial charge in [0.1, 0.15) is 0 Å². The first-order chi connectivity index (χ1) is 19.9. The highest BCUT2D eigenvalue weighted by molar-refractivity contribution is 7.39. The first-order valence-electron chi connectivity index (χ1n) is 14.5. The van der Waals surface area contributed by atoms with Crippen molar-refractivity contribution in [2.45, 2.75) is 90.4 Å². The third-order valence-electron chi connectivity index (χ3n) is 6.15. The molecule has 0 rings (SSSR count). The Morgan fingerprint density at radius 2 is 0.881 bits per heavy atom. The molecule has 0 spiro atoms. The van der Waals surface area contributed by atoms with Crippen molar-refractivity contribution in [3.63, 3.8) is 0 Å². The number of hydrogen-bond acceptors (Lipinski definition) is 9. The van der Waals surface area contributed by atoms with Crippen LogP contribution in [0.2, 0.25) is 0 Å². The Labute approximate surface area is 249 Å². The number of carbonyl (C=O) groups is 6. The lowest BCUT2D eigenvalue weighted by molar-refractivity contribution is -0.166. The van der Waals surface area contributed by atoms with Gasteiger partial charge in [-0.2, -0.15) is 0 Å². The maximum absolute atomic E-state index is 12.0. The van der Waals surface area contributed by atoms with Gasteiger partial charge in [0.2, 0.25) is 35.2 Å². The van der Waals surface area contributed by atoms with Crippen molar-refractivity contribution in [1.82, 2.24) is 31.1 Å². The minimum Gasteiger partial charge on any atom is -0.356 e. The molecule has 1 atom stereocenters. The van der Waals surface area contributed by atoms with Crippen LogP contribution >= 0.6 is 9.24 Å². The molecule has 15 nitrogen and oxygen atoms in total. The van der Waals surface area contributed by atoms with Crippen LogP contribution in [0.3, 0.4) is 0 Å². The van der Waals surface area contributed by atoms with Crippen LogP contribution in [0.4, 0.5) is 4.79 Å². The third-order valence-corrected chi connectivity index (χ3v) is 6.36. The van der Waals surface area contributed by atoms with Crippen LogP contribution in [0, 0.1) is 0 Å². The number of amides is 6. The fourth-order valence-corrected chi connectivity index (χ4v) is 3.78. The Morgan fingerprint density at radius 1 is 0.524 bits per heavy atom. The zero-order valence-corrected chi connectivity index (χ0v) is 25.8. The van der Waals surface area contributed by atoms with E-state index in [9.17, 15) is 44.4 Å². The molecule has 0 aliphatic heterocycles. The smallest absolute Gasteiger partial charge is 0.246 e. The molecule has 0 fully saturated rings. The number of rotatable bonds is 24. The lowest BCUT2D eigenvalue weighted by Crippen LogP contribution is -2.31. The summed E-state index contributed by atoms with van der Waals surface area (Å²) in [7, 11) is 2.02. The van der Waals surface area contributed by atoms with Crippen molar-refractivity contribution in [3.8, 4) is 0 Å². The summed E-state index contributed by atoms with van der Waals surface area (Å²) in [6.07, 6.45) is 5.43. The van der Waals surface area contributed by atoms with Gasteiger partial charge in [0.25, 0.3) is 0 Å². The number of carbonyl (C=O) groups excluding carboxylic acids is 6. The molecule has 0 bridgehead atoms. The van der Waals surface area contributed by atoms with Crippen LogP contribution in [-0.4, -0.2) is 105 Å². The predicted molar refractivity (Wildman–Crippen MR) is 155 cm³/mol. The molecule has 0 aliphatic rings.